The molecule has 0 amide bonds. The third kappa shape index (κ3) is 1.72. The fourth-order valence-electron chi connectivity index (χ4n) is 1.01. The molecule has 0 aliphatic carbocycles. The van der Waals surface area contributed by atoms with Crippen LogP contribution in [0.2, 0.25) is 0 Å². The fraction of sp³-hybridized carbons (Fsp3) is 0.333. The van der Waals surface area contributed by atoms with Gasteiger partial charge in [0.15, 0.2) is 5.78 Å². The molecule has 0 fully saturated rings. The summed E-state index contributed by atoms with van der Waals surface area (Å²) < 4.78 is 0. The standard InChI is InChI=1S/C9H9NOS/c1-2-7-4-6-12-9(7)8(11)3-5-10/h4,6H,2-3H2,1H3. The van der Waals surface area contributed by atoms with E-state index >= 15 is 0 Å². The van der Waals surface area contributed by atoms with E-state index in [-0.39, 0.29) is 12.2 Å². The molecule has 0 radical (unpaired) electrons. The normalized spacial score (nSPS) is 9.33. The monoisotopic (exact) mass is 179 g/mol. The number of carbonyl (C=O) groups excluding carboxylic acids is 1. The molecule has 3 heteroatoms. The second-order valence-electron chi connectivity index (χ2n) is 2.39. The Morgan fingerprint density at radius 1 is 1.75 bits per heavy atom. The summed E-state index contributed by atoms with van der Waals surface area (Å²) in [6.07, 6.45) is 0.851. The second-order valence-corrected chi connectivity index (χ2v) is 3.30. The van der Waals surface area contributed by atoms with Gasteiger partial charge in [0.1, 0.15) is 0 Å². The summed E-state index contributed by atoms with van der Waals surface area (Å²) in [5, 5.41) is 10.2. The summed E-state index contributed by atoms with van der Waals surface area (Å²) in [4.78, 5) is 12.0. The molecule has 0 saturated heterocycles. The van der Waals surface area contributed by atoms with Gasteiger partial charge in [0.05, 0.1) is 17.4 Å². The lowest BCUT2D eigenvalue weighted by atomic mass is 10.1. The van der Waals surface area contributed by atoms with Gasteiger partial charge in [0.25, 0.3) is 0 Å². The predicted octanol–water partition coefficient (Wildman–Crippen LogP) is 2.41. The van der Waals surface area contributed by atoms with Crippen LogP contribution in [0.4, 0.5) is 0 Å². The zero-order chi connectivity index (χ0) is 8.97. The Balaban J connectivity index is 2.88. The molecular formula is C9H9NOS. The van der Waals surface area contributed by atoms with Gasteiger partial charge in [-0.15, -0.1) is 11.3 Å². The third-order valence-corrected chi connectivity index (χ3v) is 2.62. The number of hydrogen-bond acceptors (Lipinski definition) is 3. The van der Waals surface area contributed by atoms with E-state index in [1.54, 1.807) is 0 Å². The van der Waals surface area contributed by atoms with Gasteiger partial charge in [0, 0.05) is 0 Å². The summed E-state index contributed by atoms with van der Waals surface area (Å²) in [5.41, 5.74) is 1.06. The van der Waals surface area contributed by atoms with Crippen molar-refractivity contribution in [3.05, 3.63) is 21.9 Å². The van der Waals surface area contributed by atoms with Crippen LogP contribution in [-0.4, -0.2) is 5.78 Å². The lowest BCUT2D eigenvalue weighted by Crippen LogP contribution is -1.97. The van der Waals surface area contributed by atoms with Gasteiger partial charge in [-0.05, 0) is 23.4 Å². The van der Waals surface area contributed by atoms with Crippen LogP contribution in [0.3, 0.4) is 0 Å². The molecule has 0 aromatic carbocycles. The number of carbonyl (C=O) groups is 1. The van der Waals surface area contributed by atoms with Crippen molar-refractivity contribution in [2.24, 2.45) is 0 Å². The van der Waals surface area contributed by atoms with Crippen molar-refractivity contribution in [1.29, 1.82) is 5.26 Å². The Kier molecular flexibility index (Phi) is 3.01. The Morgan fingerprint density at radius 2 is 2.50 bits per heavy atom. The number of thiophene rings is 1. The van der Waals surface area contributed by atoms with E-state index in [0.717, 1.165) is 16.9 Å². The van der Waals surface area contributed by atoms with Crippen LogP contribution >= 0.6 is 11.3 Å². The van der Waals surface area contributed by atoms with Crippen LogP contribution in [0.25, 0.3) is 0 Å². The van der Waals surface area contributed by atoms with Gasteiger partial charge in [-0.2, -0.15) is 5.26 Å². The molecule has 0 bridgehead atoms. The van der Waals surface area contributed by atoms with E-state index in [2.05, 4.69) is 0 Å². The topological polar surface area (TPSA) is 40.9 Å². The molecule has 62 valence electrons. The van der Waals surface area contributed by atoms with Crippen LogP contribution < -0.4 is 0 Å². The first-order chi connectivity index (χ1) is 5.79. The summed E-state index contributed by atoms with van der Waals surface area (Å²) in [6, 6.07) is 3.80. The first kappa shape index (κ1) is 8.95. The molecule has 0 saturated carbocycles. The number of rotatable bonds is 3. The molecule has 2 nitrogen and oxygen atoms in total. The van der Waals surface area contributed by atoms with E-state index < -0.39 is 0 Å². The zero-order valence-corrected chi connectivity index (χ0v) is 7.65. The highest BCUT2D eigenvalue weighted by atomic mass is 32.1. The Bertz CT molecular complexity index is 322. The first-order valence-corrected chi connectivity index (χ1v) is 4.64. The number of nitrogens with zero attached hydrogens (tertiary/aromatic N) is 1. The summed E-state index contributed by atoms with van der Waals surface area (Å²) in [6.45, 7) is 2.01. The number of Topliss-reactive ketones (excluding diaryl/α,β-unsaturated/α-hetero) is 1. The fourth-order valence-corrected chi connectivity index (χ4v) is 1.95. The maximum atomic E-state index is 11.3. The molecular weight excluding hydrogens is 170 g/mol. The van der Waals surface area contributed by atoms with Gasteiger partial charge in [-0.1, -0.05) is 6.92 Å². The Hall–Kier alpha value is -1.14. The van der Waals surface area contributed by atoms with E-state index in [0.29, 0.717) is 0 Å². The van der Waals surface area contributed by atoms with Gasteiger partial charge >= 0.3 is 0 Å². The Morgan fingerprint density at radius 3 is 3.08 bits per heavy atom. The number of nitriles is 1. The average Bonchev–Trinajstić information content (AvgIpc) is 2.51. The van der Waals surface area contributed by atoms with Crippen LogP contribution in [0, 0.1) is 11.3 Å². The molecule has 0 N–H and O–H groups in total. The van der Waals surface area contributed by atoms with Crippen LogP contribution in [0.1, 0.15) is 28.6 Å². The first-order valence-electron chi connectivity index (χ1n) is 3.76. The maximum absolute atomic E-state index is 11.3. The summed E-state index contributed by atoms with van der Waals surface area (Å²) >= 11 is 1.42. The lowest BCUT2D eigenvalue weighted by molar-refractivity contribution is 0.100. The van der Waals surface area contributed by atoms with Crippen molar-refractivity contribution in [1.82, 2.24) is 0 Å². The van der Waals surface area contributed by atoms with Crippen molar-refractivity contribution in [2.75, 3.05) is 0 Å². The summed E-state index contributed by atoms with van der Waals surface area (Å²) in [7, 11) is 0. The van der Waals surface area contributed by atoms with E-state index in [4.69, 9.17) is 5.26 Å². The van der Waals surface area contributed by atoms with Crippen LogP contribution in [0.5, 0.6) is 0 Å². The van der Waals surface area contributed by atoms with Crippen molar-refractivity contribution >= 4 is 17.1 Å². The SMILES string of the molecule is CCc1ccsc1C(=O)CC#N. The maximum Gasteiger partial charge on any atom is 0.187 e. The second kappa shape index (κ2) is 4.03. The highest BCUT2D eigenvalue weighted by molar-refractivity contribution is 7.12. The van der Waals surface area contributed by atoms with Crippen LogP contribution in [0.15, 0.2) is 11.4 Å². The molecule has 1 aromatic heterocycles. The minimum atomic E-state index is -0.0515. The van der Waals surface area contributed by atoms with Gasteiger partial charge in [-0.3, -0.25) is 4.79 Å². The van der Waals surface area contributed by atoms with E-state index in [1.165, 1.54) is 11.3 Å². The van der Waals surface area contributed by atoms with Crippen molar-refractivity contribution in [3.63, 3.8) is 0 Å². The molecule has 0 spiro atoms. The summed E-state index contributed by atoms with van der Waals surface area (Å²) in [5.74, 6) is -0.0515. The smallest absolute Gasteiger partial charge is 0.187 e. The highest BCUT2D eigenvalue weighted by Crippen LogP contribution is 2.18. The van der Waals surface area contributed by atoms with Gasteiger partial charge in [0.2, 0.25) is 0 Å². The predicted molar refractivity (Wildman–Crippen MR) is 48.3 cm³/mol. The van der Waals surface area contributed by atoms with Crippen molar-refractivity contribution in [2.45, 2.75) is 19.8 Å². The average molecular weight is 179 g/mol. The largest absolute Gasteiger partial charge is 0.292 e. The van der Waals surface area contributed by atoms with Gasteiger partial charge < -0.3 is 0 Å². The lowest BCUT2D eigenvalue weighted by Gasteiger charge is -1.94. The number of ketones is 1. The van der Waals surface area contributed by atoms with Crippen LogP contribution in [-0.2, 0) is 6.42 Å². The number of aryl methyl sites for hydroxylation is 1. The van der Waals surface area contributed by atoms with E-state index in [9.17, 15) is 4.79 Å². The van der Waals surface area contributed by atoms with Gasteiger partial charge in [-0.25, -0.2) is 0 Å². The van der Waals surface area contributed by atoms with Crippen molar-refractivity contribution in [3.8, 4) is 6.07 Å². The molecule has 1 rings (SSSR count). The van der Waals surface area contributed by atoms with Crippen molar-refractivity contribution < 1.29 is 4.79 Å². The Labute approximate surface area is 75.5 Å². The number of hydrogen-bond donors (Lipinski definition) is 0. The third-order valence-electron chi connectivity index (χ3n) is 1.62. The zero-order valence-electron chi connectivity index (χ0n) is 6.83. The highest BCUT2D eigenvalue weighted by Gasteiger charge is 2.10. The molecule has 12 heavy (non-hydrogen) atoms. The minimum Gasteiger partial charge on any atom is -0.292 e. The molecule has 0 aliphatic heterocycles. The molecule has 1 heterocycles. The van der Waals surface area contributed by atoms with E-state index in [1.807, 2.05) is 24.4 Å². The molecule has 0 unspecified atom stereocenters. The molecule has 1 aromatic rings. The quantitative estimate of drug-likeness (QED) is 0.668. The minimum absolute atomic E-state index is 0.00644. The molecule has 0 aliphatic rings. The molecule has 0 atom stereocenters.